The van der Waals surface area contributed by atoms with E-state index in [1.54, 1.807) is 14.0 Å². The van der Waals surface area contributed by atoms with E-state index in [-0.39, 0.29) is 5.97 Å². The van der Waals surface area contributed by atoms with Gasteiger partial charge in [-0.25, -0.2) is 4.79 Å². The molecule has 0 aliphatic heterocycles. The second-order valence-corrected chi connectivity index (χ2v) is 6.08. The van der Waals surface area contributed by atoms with Crippen LogP contribution >= 0.6 is 0 Å². The van der Waals surface area contributed by atoms with Crippen LogP contribution in [0.5, 0.6) is 5.75 Å². The van der Waals surface area contributed by atoms with Crippen LogP contribution in [0.15, 0.2) is 12.1 Å². The summed E-state index contributed by atoms with van der Waals surface area (Å²) in [7, 11) is 1.71. The van der Waals surface area contributed by atoms with Crippen LogP contribution in [0.4, 0.5) is 0 Å². The number of hydrogen-bond acceptors (Lipinski definition) is 4. The molecule has 0 aliphatic rings. The fourth-order valence-electron chi connectivity index (χ4n) is 2.65. The fourth-order valence-corrected chi connectivity index (χ4v) is 2.65. The summed E-state index contributed by atoms with van der Waals surface area (Å²) >= 11 is 0. The molecule has 0 aromatic heterocycles. The first-order chi connectivity index (χ1) is 10.9. The largest absolute Gasteiger partial charge is 0.496 e. The molecule has 4 nitrogen and oxygen atoms in total. The Hall–Kier alpha value is -1.55. The van der Waals surface area contributed by atoms with Gasteiger partial charge < -0.3 is 15.2 Å². The first-order valence-corrected chi connectivity index (χ1v) is 8.54. The Morgan fingerprint density at radius 1 is 1.09 bits per heavy atom. The molecular weight excluding hydrogens is 290 g/mol. The third-order valence-electron chi connectivity index (χ3n) is 4.56. The number of methoxy groups -OCH3 is 1. The first kappa shape index (κ1) is 19.5. The number of benzene rings is 1. The number of nitrogens with two attached hydrogens (primary N) is 1. The van der Waals surface area contributed by atoms with E-state index in [0.717, 1.165) is 35.3 Å². The van der Waals surface area contributed by atoms with Crippen LogP contribution in [0, 0.1) is 0 Å². The van der Waals surface area contributed by atoms with Gasteiger partial charge in [0.1, 0.15) is 11.8 Å². The van der Waals surface area contributed by atoms with Gasteiger partial charge in [-0.15, -0.1) is 0 Å². The molecular formula is C19H31NO3. The van der Waals surface area contributed by atoms with Crippen LogP contribution in [0.2, 0.25) is 0 Å². The Labute approximate surface area is 140 Å². The van der Waals surface area contributed by atoms with Crippen molar-refractivity contribution in [1.82, 2.24) is 0 Å². The van der Waals surface area contributed by atoms with Gasteiger partial charge in [0, 0.05) is 0 Å². The van der Waals surface area contributed by atoms with Crippen molar-refractivity contribution >= 4 is 5.97 Å². The maximum atomic E-state index is 12.0. The summed E-state index contributed by atoms with van der Waals surface area (Å²) in [5, 5.41) is 0. The molecule has 1 rings (SSSR count). The van der Waals surface area contributed by atoms with Gasteiger partial charge in [0.25, 0.3) is 0 Å². The molecule has 0 bridgehead atoms. The predicted octanol–water partition coefficient (Wildman–Crippen LogP) is 4.29. The fraction of sp³-hybridized carbons (Fsp3) is 0.632. The van der Waals surface area contributed by atoms with E-state index in [9.17, 15) is 4.79 Å². The average molecular weight is 321 g/mol. The smallest absolute Gasteiger partial charge is 0.327 e. The van der Waals surface area contributed by atoms with E-state index in [0.29, 0.717) is 18.4 Å². The zero-order chi connectivity index (χ0) is 17.6. The topological polar surface area (TPSA) is 61.5 Å². The zero-order valence-electron chi connectivity index (χ0n) is 15.3. The standard InChI is InChI=1S/C19H31NO3/c1-7-12(4)15-10-14(17(20)19(21)23-9-3)11-16(13(5)8-2)18(15)22-6/h10-13,17H,7-9,20H2,1-6H3. The molecule has 1 aromatic rings. The molecule has 23 heavy (non-hydrogen) atoms. The highest BCUT2D eigenvalue weighted by Gasteiger charge is 2.24. The summed E-state index contributed by atoms with van der Waals surface area (Å²) in [5.41, 5.74) is 9.15. The number of hydrogen-bond donors (Lipinski definition) is 1. The lowest BCUT2D eigenvalue weighted by Crippen LogP contribution is -2.24. The highest BCUT2D eigenvalue weighted by Crippen LogP contribution is 2.39. The van der Waals surface area contributed by atoms with E-state index in [4.69, 9.17) is 15.2 Å². The van der Waals surface area contributed by atoms with Crippen molar-refractivity contribution in [3.8, 4) is 5.75 Å². The Morgan fingerprint density at radius 3 is 1.91 bits per heavy atom. The van der Waals surface area contributed by atoms with Crippen molar-refractivity contribution in [3.63, 3.8) is 0 Å². The number of carbonyl (C=O) groups is 1. The summed E-state index contributed by atoms with van der Waals surface area (Å²) in [6, 6.07) is 3.24. The van der Waals surface area contributed by atoms with Gasteiger partial charge in [-0.2, -0.15) is 0 Å². The number of carbonyl (C=O) groups excluding carboxylic acids is 1. The van der Waals surface area contributed by atoms with Crippen molar-refractivity contribution in [3.05, 3.63) is 28.8 Å². The van der Waals surface area contributed by atoms with Gasteiger partial charge >= 0.3 is 5.97 Å². The third kappa shape index (κ3) is 4.47. The summed E-state index contributed by atoms with van der Waals surface area (Å²) in [4.78, 5) is 12.0. The number of rotatable bonds is 8. The Balaban J connectivity index is 3.45. The van der Waals surface area contributed by atoms with Gasteiger partial charge in [-0.1, -0.05) is 27.7 Å². The van der Waals surface area contributed by atoms with Gasteiger partial charge in [0.15, 0.2) is 0 Å². The average Bonchev–Trinajstić information content (AvgIpc) is 2.58. The molecule has 2 N–H and O–H groups in total. The van der Waals surface area contributed by atoms with Gasteiger partial charge in [0.05, 0.1) is 13.7 Å². The number of ether oxygens (including phenoxy) is 2. The molecule has 3 atom stereocenters. The van der Waals surface area contributed by atoms with Crippen molar-refractivity contribution in [2.45, 2.75) is 65.3 Å². The highest BCUT2D eigenvalue weighted by molar-refractivity contribution is 5.77. The van der Waals surface area contributed by atoms with Crippen LogP contribution in [0.3, 0.4) is 0 Å². The van der Waals surface area contributed by atoms with Gasteiger partial charge in [-0.3, -0.25) is 0 Å². The maximum absolute atomic E-state index is 12.0. The minimum atomic E-state index is -0.758. The zero-order valence-corrected chi connectivity index (χ0v) is 15.3. The van der Waals surface area contributed by atoms with E-state index in [1.807, 2.05) is 12.1 Å². The molecule has 3 unspecified atom stereocenters. The summed E-state index contributed by atoms with van der Waals surface area (Å²) < 4.78 is 10.8. The predicted molar refractivity (Wildman–Crippen MR) is 94.0 cm³/mol. The van der Waals surface area contributed by atoms with E-state index < -0.39 is 6.04 Å². The minimum Gasteiger partial charge on any atom is -0.496 e. The molecule has 0 radical (unpaired) electrons. The van der Waals surface area contributed by atoms with Crippen LogP contribution in [0.25, 0.3) is 0 Å². The van der Waals surface area contributed by atoms with Gasteiger partial charge in [0.2, 0.25) is 0 Å². The maximum Gasteiger partial charge on any atom is 0.327 e. The summed E-state index contributed by atoms with van der Waals surface area (Å²) in [5.74, 6) is 1.21. The van der Waals surface area contributed by atoms with Gasteiger partial charge in [-0.05, 0) is 60.4 Å². The Bertz CT molecular complexity index is 496. The van der Waals surface area contributed by atoms with Crippen molar-refractivity contribution in [2.24, 2.45) is 5.73 Å². The molecule has 0 aliphatic carbocycles. The lowest BCUT2D eigenvalue weighted by molar-refractivity contribution is -0.144. The lowest BCUT2D eigenvalue weighted by Gasteiger charge is -2.23. The Kier molecular flexibility index (Phi) is 7.56. The molecule has 130 valence electrons. The summed E-state index contributed by atoms with van der Waals surface area (Å²) in [6.45, 7) is 10.7. The van der Waals surface area contributed by atoms with Crippen LogP contribution < -0.4 is 10.5 Å². The lowest BCUT2D eigenvalue weighted by atomic mass is 9.86. The minimum absolute atomic E-state index is 0.332. The van der Waals surface area contributed by atoms with Crippen LogP contribution in [-0.4, -0.2) is 19.7 Å². The van der Waals surface area contributed by atoms with Crippen LogP contribution in [-0.2, 0) is 9.53 Å². The molecule has 0 fully saturated rings. The third-order valence-corrected chi connectivity index (χ3v) is 4.56. The highest BCUT2D eigenvalue weighted by atomic mass is 16.5. The normalized spacial score (nSPS) is 14.9. The number of esters is 1. The second kappa shape index (κ2) is 8.92. The second-order valence-electron chi connectivity index (χ2n) is 6.08. The molecule has 4 heteroatoms. The SMILES string of the molecule is CCOC(=O)C(N)c1cc(C(C)CC)c(OC)c(C(C)CC)c1. The van der Waals surface area contributed by atoms with Crippen LogP contribution in [0.1, 0.15) is 82.0 Å². The molecule has 0 spiro atoms. The molecule has 1 aromatic carbocycles. The quantitative estimate of drug-likeness (QED) is 0.726. The molecule has 0 saturated carbocycles. The molecule has 0 amide bonds. The van der Waals surface area contributed by atoms with Crippen molar-refractivity contribution in [2.75, 3.05) is 13.7 Å². The first-order valence-electron chi connectivity index (χ1n) is 8.54. The van der Waals surface area contributed by atoms with Crippen molar-refractivity contribution in [1.29, 1.82) is 0 Å². The van der Waals surface area contributed by atoms with Crippen molar-refractivity contribution < 1.29 is 14.3 Å². The Morgan fingerprint density at radius 2 is 1.57 bits per heavy atom. The molecule has 0 saturated heterocycles. The van der Waals surface area contributed by atoms with E-state index >= 15 is 0 Å². The van der Waals surface area contributed by atoms with E-state index in [1.165, 1.54) is 0 Å². The van der Waals surface area contributed by atoms with E-state index in [2.05, 4.69) is 27.7 Å². The summed E-state index contributed by atoms with van der Waals surface area (Å²) in [6.07, 6.45) is 1.99. The molecule has 0 heterocycles. The monoisotopic (exact) mass is 321 g/mol.